The van der Waals surface area contributed by atoms with E-state index in [9.17, 15) is 14.5 Å². The van der Waals surface area contributed by atoms with Gasteiger partial charge in [0.05, 0.1) is 11.0 Å². The molecule has 1 heterocycles. The van der Waals surface area contributed by atoms with E-state index in [4.69, 9.17) is 4.74 Å². The van der Waals surface area contributed by atoms with Gasteiger partial charge in [-0.3, -0.25) is 10.1 Å². The second-order valence-corrected chi connectivity index (χ2v) is 3.47. The number of nitro groups is 1. The molecular weight excluding hydrogens is 255 g/mol. The zero-order chi connectivity index (χ0) is 13.8. The Balaban J connectivity index is 2.25. The molecule has 8 heteroatoms. The predicted molar refractivity (Wildman–Crippen MR) is 64.7 cm³/mol. The van der Waals surface area contributed by atoms with Crippen LogP contribution in [0.15, 0.2) is 30.6 Å². The van der Waals surface area contributed by atoms with Crippen molar-refractivity contribution < 1.29 is 14.1 Å². The van der Waals surface area contributed by atoms with Crippen LogP contribution in [0.1, 0.15) is 0 Å². The molecule has 1 aromatic carbocycles. The van der Waals surface area contributed by atoms with E-state index in [1.165, 1.54) is 18.5 Å². The molecule has 98 valence electrons. The maximum atomic E-state index is 13.6. The molecule has 2 rings (SSSR count). The van der Waals surface area contributed by atoms with E-state index in [-0.39, 0.29) is 17.3 Å². The molecular formula is C11H9FN4O3. The highest BCUT2D eigenvalue weighted by molar-refractivity contribution is 5.41. The molecule has 0 aliphatic rings. The molecule has 0 radical (unpaired) electrons. The van der Waals surface area contributed by atoms with Gasteiger partial charge in [0.15, 0.2) is 11.6 Å². The van der Waals surface area contributed by atoms with Crippen molar-refractivity contribution in [2.24, 2.45) is 0 Å². The van der Waals surface area contributed by atoms with Crippen molar-refractivity contribution in [3.63, 3.8) is 0 Å². The molecule has 1 aromatic heterocycles. The highest BCUT2D eigenvalue weighted by atomic mass is 19.1. The summed E-state index contributed by atoms with van der Waals surface area (Å²) >= 11 is 0. The van der Waals surface area contributed by atoms with Gasteiger partial charge in [-0.15, -0.1) is 0 Å². The quantitative estimate of drug-likeness (QED) is 0.673. The van der Waals surface area contributed by atoms with E-state index < -0.39 is 10.7 Å². The second kappa shape index (κ2) is 5.25. The minimum absolute atomic E-state index is 0.132. The summed E-state index contributed by atoms with van der Waals surface area (Å²) in [5, 5.41) is 13.3. The van der Waals surface area contributed by atoms with E-state index in [0.717, 1.165) is 12.1 Å². The summed E-state index contributed by atoms with van der Waals surface area (Å²) in [6, 6.07) is 4.59. The molecule has 19 heavy (non-hydrogen) atoms. The number of nitrogens with one attached hydrogen (secondary N) is 1. The fraction of sp³-hybridized carbons (Fsp3) is 0.0909. The van der Waals surface area contributed by atoms with E-state index in [1.54, 1.807) is 7.05 Å². The first kappa shape index (κ1) is 12.7. The molecule has 0 atom stereocenters. The lowest BCUT2D eigenvalue weighted by Gasteiger charge is -2.06. The Morgan fingerprint density at radius 1 is 1.37 bits per heavy atom. The summed E-state index contributed by atoms with van der Waals surface area (Å²) in [5.74, 6) is -0.343. The van der Waals surface area contributed by atoms with Gasteiger partial charge in [0.1, 0.15) is 12.1 Å². The SMILES string of the molecule is CNc1cc(Oc2ccc([N+](=O)[O-])cc2F)ncn1. The minimum atomic E-state index is -0.834. The van der Waals surface area contributed by atoms with Crippen molar-refractivity contribution in [2.75, 3.05) is 12.4 Å². The average molecular weight is 264 g/mol. The number of nitro benzene ring substituents is 1. The zero-order valence-electron chi connectivity index (χ0n) is 9.83. The first-order valence-corrected chi connectivity index (χ1v) is 5.21. The minimum Gasteiger partial charge on any atom is -0.436 e. The predicted octanol–water partition coefficient (Wildman–Crippen LogP) is 2.36. The van der Waals surface area contributed by atoms with Gasteiger partial charge in [-0.05, 0) is 6.07 Å². The van der Waals surface area contributed by atoms with Crippen molar-refractivity contribution in [1.82, 2.24) is 9.97 Å². The van der Waals surface area contributed by atoms with Crippen molar-refractivity contribution in [2.45, 2.75) is 0 Å². The Morgan fingerprint density at radius 2 is 2.16 bits per heavy atom. The molecule has 7 nitrogen and oxygen atoms in total. The molecule has 0 unspecified atom stereocenters. The lowest BCUT2D eigenvalue weighted by atomic mass is 10.3. The fourth-order valence-corrected chi connectivity index (χ4v) is 1.33. The van der Waals surface area contributed by atoms with Crippen molar-refractivity contribution in [1.29, 1.82) is 0 Å². The number of halogens is 1. The van der Waals surface area contributed by atoms with Gasteiger partial charge in [0.25, 0.3) is 5.69 Å². The number of anilines is 1. The van der Waals surface area contributed by atoms with Crippen LogP contribution in [-0.4, -0.2) is 21.9 Å². The van der Waals surface area contributed by atoms with Gasteiger partial charge < -0.3 is 10.1 Å². The summed E-state index contributed by atoms with van der Waals surface area (Å²) in [7, 11) is 1.67. The molecule has 0 spiro atoms. The maximum absolute atomic E-state index is 13.6. The lowest BCUT2D eigenvalue weighted by Crippen LogP contribution is -1.96. The third-order valence-corrected chi connectivity index (χ3v) is 2.24. The fourth-order valence-electron chi connectivity index (χ4n) is 1.33. The van der Waals surface area contributed by atoms with E-state index in [1.807, 2.05) is 0 Å². The zero-order valence-corrected chi connectivity index (χ0v) is 9.83. The van der Waals surface area contributed by atoms with E-state index >= 15 is 0 Å². The number of hydrogen-bond acceptors (Lipinski definition) is 6. The van der Waals surface area contributed by atoms with Crippen LogP contribution in [-0.2, 0) is 0 Å². The van der Waals surface area contributed by atoms with Crippen LogP contribution < -0.4 is 10.1 Å². The molecule has 0 aliphatic carbocycles. The smallest absolute Gasteiger partial charge is 0.272 e. The Kier molecular flexibility index (Phi) is 3.51. The maximum Gasteiger partial charge on any atom is 0.272 e. The molecule has 0 saturated carbocycles. The summed E-state index contributed by atoms with van der Waals surface area (Å²) in [6.07, 6.45) is 1.25. The molecule has 0 aliphatic heterocycles. The topological polar surface area (TPSA) is 90.2 Å². The molecule has 0 amide bonds. The van der Waals surface area contributed by atoms with Gasteiger partial charge in [-0.1, -0.05) is 0 Å². The van der Waals surface area contributed by atoms with Crippen LogP contribution >= 0.6 is 0 Å². The van der Waals surface area contributed by atoms with Gasteiger partial charge in [-0.2, -0.15) is 0 Å². The third kappa shape index (κ3) is 2.92. The Morgan fingerprint density at radius 3 is 2.79 bits per heavy atom. The number of aromatic nitrogens is 2. The molecule has 1 N–H and O–H groups in total. The Bertz CT molecular complexity index is 621. The van der Waals surface area contributed by atoms with Crippen molar-refractivity contribution in [3.05, 3.63) is 46.5 Å². The number of rotatable bonds is 4. The summed E-state index contributed by atoms with van der Waals surface area (Å²) in [4.78, 5) is 17.5. The summed E-state index contributed by atoms with van der Waals surface area (Å²) in [6.45, 7) is 0. The van der Waals surface area contributed by atoms with Crippen LogP contribution in [0, 0.1) is 15.9 Å². The molecule has 0 bridgehead atoms. The number of ether oxygens (including phenoxy) is 1. The highest BCUT2D eigenvalue weighted by Gasteiger charge is 2.12. The standard InChI is InChI=1S/C11H9FN4O3/c1-13-10-5-11(15-6-14-10)19-9-3-2-7(16(17)18)4-8(9)12/h2-6H,1H3,(H,13,14,15). The number of benzene rings is 1. The number of non-ortho nitro benzene ring substituents is 1. The second-order valence-electron chi connectivity index (χ2n) is 3.47. The molecule has 2 aromatic rings. The van der Waals surface area contributed by atoms with Gasteiger partial charge >= 0.3 is 0 Å². The van der Waals surface area contributed by atoms with E-state index in [2.05, 4.69) is 15.3 Å². The normalized spacial score (nSPS) is 10.0. The monoisotopic (exact) mass is 264 g/mol. The first-order chi connectivity index (χ1) is 9.10. The number of hydrogen-bond donors (Lipinski definition) is 1. The third-order valence-electron chi connectivity index (χ3n) is 2.24. The number of nitrogens with zero attached hydrogens (tertiary/aromatic N) is 3. The van der Waals surface area contributed by atoms with E-state index in [0.29, 0.717) is 5.82 Å². The lowest BCUT2D eigenvalue weighted by molar-refractivity contribution is -0.385. The van der Waals surface area contributed by atoms with Crippen LogP contribution in [0.4, 0.5) is 15.9 Å². The van der Waals surface area contributed by atoms with Crippen molar-refractivity contribution >= 4 is 11.5 Å². The average Bonchev–Trinajstić information content (AvgIpc) is 2.41. The Hall–Kier alpha value is -2.77. The van der Waals surface area contributed by atoms with Crippen LogP contribution in [0.25, 0.3) is 0 Å². The van der Waals surface area contributed by atoms with Crippen LogP contribution in [0.3, 0.4) is 0 Å². The molecule has 0 saturated heterocycles. The Labute approximate surface area is 107 Å². The van der Waals surface area contributed by atoms with Gasteiger partial charge in [0.2, 0.25) is 5.88 Å². The van der Waals surface area contributed by atoms with Gasteiger partial charge in [0, 0.05) is 19.2 Å². The summed E-state index contributed by atoms with van der Waals surface area (Å²) in [5.41, 5.74) is -0.344. The van der Waals surface area contributed by atoms with Crippen LogP contribution in [0.2, 0.25) is 0 Å². The first-order valence-electron chi connectivity index (χ1n) is 5.21. The van der Waals surface area contributed by atoms with Crippen molar-refractivity contribution in [3.8, 4) is 11.6 Å². The highest BCUT2D eigenvalue weighted by Crippen LogP contribution is 2.26. The largest absolute Gasteiger partial charge is 0.436 e. The summed E-state index contributed by atoms with van der Waals surface area (Å²) < 4.78 is 18.8. The van der Waals surface area contributed by atoms with Gasteiger partial charge in [-0.25, -0.2) is 14.4 Å². The molecule has 0 fully saturated rings. The van der Waals surface area contributed by atoms with Crippen LogP contribution in [0.5, 0.6) is 11.6 Å².